The third kappa shape index (κ3) is 3.99. The molecule has 2 aromatic heterocycles. The average Bonchev–Trinajstić information content (AvgIpc) is 3.40. The summed E-state index contributed by atoms with van der Waals surface area (Å²) in [5.74, 6) is 0.490. The molecule has 0 N–H and O–H groups in total. The van der Waals surface area contributed by atoms with E-state index in [9.17, 15) is 4.79 Å². The van der Waals surface area contributed by atoms with Gasteiger partial charge in [0.05, 0.1) is 5.69 Å². The Morgan fingerprint density at radius 3 is 2.73 bits per heavy atom. The Morgan fingerprint density at radius 2 is 1.97 bits per heavy atom. The summed E-state index contributed by atoms with van der Waals surface area (Å²) in [4.78, 5) is 17.0. The lowest BCUT2D eigenvalue weighted by Crippen LogP contribution is -2.07. The minimum absolute atomic E-state index is 0.178. The molecular weight excluding hydrogens is 400 g/mol. The Bertz CT molecular complexity index is 1200. The zero-order valence-corrected chi connectivity index (χ0v) is 17.6. The minimum Gasteiger partial charge on any atom is -0.450 e. The molecule has 2 heterocycles. The van der Waals surface area contributed by atoms with Crippen molar-refractivity contribution in [3.8, 4) is 28.7 Å². The number of rotatable bonds is 6. The normalized spacial score (nSPS) is 10.9. The van der Waals surface area contributed by atoms with E-state index in [1.807, 2.05) is 68.6 Å². The number of hydrogen-bond acceptors (Lipinski definition) is 7. The van der Waals surface area contributed by atoms with Gasteiger partial charge in [-0.15, -0.1) is 11.8 Å². The van der Waals surface area contributed by atoms with E-state index in [4.69, 9.17) is 9.26 Å². The fraction of sp³-hybridized carbons (Fsp3) is 0.182. The van der Waals surface area contributed by atoms with Crippen LogP contribution in [0.3, 0.4) is 0 Å². The van der Waals surface area contributed by atoms with Gasteiger partial charge in [0.1, 0.15) is 11.6 Å². The molecule has 0 aliphatic rings. The summed E-state index contributed by atoms with van der Waals surface area (Å²) in [6, 6.07) is 17.2. The first-order chi connectivity index (χ1) is 14.6. The van der Waals surface area contributed by atoms with Crippen molar-refractivity contribution in [1.29, 1.82) is 0 Å². The molecule has 4 aromatic rings. The molecule has 0 spiro atoms. The molecule has 0 fully saturated rings. The standard InChI is InChI=1S/C22H20N4O3S/c1-14-7-6-9-16(11-14)20-23-21(29-25-20)19-12-17(22(27)28-13-30-3)24-26(19)18-10-5-4-8-15(18)2/h4-12H,13H2,1-3H3. The number of thioether (sulfide) groups is 1. The van der Waals surface area contributed by atoms with Gasteiger partial charge < -0.3 is 9.26 Å². The van der Waals surface area contributed by atoms with Crippen LogP contribution in [0, 0.1) is 13.8 Å². The van der Waals surface area contributed by atoms with Crippen molar-refractivity contribution in [3.63, 3.8) is 0 Å². The molecule has 2 aromatic carbocycles. The van der Waals surface area contributed by atoms with Gasteiger partial charge in [-0.1, -0.05) is 47.1 Å². The molecule has 152 valence electrons. The van der Waals surface area contributed by atoms with Crippen LogP contribution in [-0.2, 0) is 4.74 Å². The zero-order valence-electron chi connectivity index (χ0n) is 16.8. The number of carbonyl (C=O) groups excluding carboxylic acids is 1. The fourth-order valence-corrected chi connectivity index (χ4v) is 3.26. The second-order valence-electron chi connectivity index (χ2n) is 6.74. The maximum absolute atomic E-state index is 12.4. The number of hydrogen-bond donors (Lipinski definition) is 0. The van der Waals surface area contributed by atoms with Crippen LogP contribution in [0.2, 0.25) is 0 Å². The number of esters is 1. The molecule has 0 bridgehead atoms. The maximum Gasteiger partial charge on any atom is 0.359 e. The molecular formula is C22H20N4O3S. The second-order valence-corrected chi connectivity index (χ2v) is 7.56. The quantitative estimate of drug-likeness (QED) is 0.331. The van der Waals surface area contributed by atoms with Crippen LogP contribution in [0.4, 0.5) is 0 Å². The molecule has 0 amide bonds. The van der Waals surface area contributed by atoms with Crippen LogP contribution < -0.4 is 0 Å². The van der Waals surface area contributed by atoms with E-state index in [1.54, 1.807) is 10.7 Å². The first-order valence-electron chi connectivity index (χ1n) is 9.30. The number of ether oxygens (including phenoxy) is 1. The number of aromatic nitrogens is 4. The molecule has 0 aliphatic heterocycles. The smallest absolute Gasteiger partial charge is 0.359 e. The first-order valence-corrected chi connectivity index (χ1v) is 10.7. The lowest BCUT2D eigenvalue weighted by atomic mass is 10.1. The number of benzene rings is 2. The van der Waals surface area contributed by atoms with Gasteiger partial charge in [-0.05, 0) is 37.8 Å². The van der Waals surface area contributed by atoms with Gasteiger partial charge in [0.25, 0.3) is 5.89 Å². The topological polar surface area (TPSA) is 83.0 Å². The summed E-state index contributed by atoms with van der Waals surface area (Å²) in [6.07, 6.45) is 1.86. The SMILES string of the molecule is CSCOC(=O)c1cc(-c2nc(-c3cccc(C)c3)no2)n(-c2ccccc2C)n1. The summed E-state index contributed by atoms with van der Waals surface area (Å²) >= 11 is 1.41. The molecule has 8 heteroatoms. The largest absolute Gasteiger partial charge is 0.450 e. The minimum atomic E-state index is -0.503. The van der Waals surface area contributed by atoms with Crippen molar-refractivity contribution in [2.45, 2.75) is 13.8 Å². The van der Waals surface area contributed by atoms with E-state index in [2.05, 4.69) is 15.2 Å². The highest BCUT2D eigenvalue weighted by Crippen LogP contribution is 2.27. The highest BCUT2D eigenvalue weighted by molar-refractivity contribution is 7.98. The fourth-order valence-electron chi connectivity index (χ4n) is 3.03. The van der Waals surface area contributed by atoms with E-state index >= 15 is 0 Å². The molecule has 0 aliphatic carbocycles. The van der Waals surface area contributed by atoms with Gasteiger partial charge >= 0.3 is 5.97 Å². The van der Waals surface area contributed by atoms with Crippen LogP contribution in [-0.4, -0.2) is 38.1 Å². The molecule has 0 saturated carbocycles. The van der Waals surface area contributed by atoms with Crippen LogP contribution in [0.25, 0.3) is 28.7 Å². The maximum atomic E-state index is 12.4. The van der Waals surface area contributed by atoms with Crippen molar-refractivity contribution < 1.29 is 14.1 Å². The van der Waals surface area contributed by atoms with Gasteiger partial charge in [0, 0.05) is 11.6 Å². The average molecular weight is 420 g/mol. The molecule has 0 saturated heterocycles. The predicted molar refractivity (Wildman–Crippen MR) is 116 cm³/mol. The van der Waals surface area contributed by atoms with E-state index in [-0.39, 0.29) is 17.5 Å². The number of aryl methyl sites for hydroxylation is 2. The van der Waals surface area contributed by atoms with Crippen LogP contribution in [0.5, 0.6) is 0 Å². The van der Waals surface area contributed by atoms with Crippen molar-refractivity contribution in [2.24, 2.45) is 0 Å². The van der Waals surface area contributed by atoms with Gasteiger partial charge in [-0.3, -0.25) is 0 Å². The predicted octanol–water partition coefficient (Wildman–Crippen LogP) is 4.68. The molecule has 7 nitrogen and oxygen atoms in total. The summed E-state index contributed by atoms with van der Waals surface area (Å²) in [6.45, 7) is 3.97. The highest BCUT2D eigenvalue weighted by atomic mass is 32.2. The van der Waals surface area contributed by atoms with Gasteiger partial charge in [0.15, 0.2) is 5.69 Å². The van der Waals surface area contributed by atoms with Crippen LogP contribution in [0.15, 0.2) is 59.1 Å². The number of nitrogens with zero attached hydrogens (tertiary/aromatic N) is 4. The van der Waals surface area contributed by atoms with E-state index < -0.39 is 5.97 Å². The monoisotopic (exact) mass is 420 g/mol. The molecule has 0 radical (unpaired) electrons. The summed E-state index contributed by atoms with van der Waals surface area (Å²) < 4.78 is 12.4. The van der Waals surface area contributed by atoms with Crippen LogP contribution in [0.1, 0.15) is 21.6 Å². The lowest BCUT2D eigenvalue weighted by Gasteiger charge is -2.07. The van der Waals surface area contributed by atoms with Crippen molar-refractivity contribution in [3.05, 3.63) is 71.4 Å². The Balaban J connectivity index is 1.79. The van der Waals surface area contributed by atoms with Crippen molar-refractivity contribution in [2.75, 3.05) is 12.2 Å². The van der Waals surface area contributed by atoms with Gasteiger partial charge in [-0.25, -0.2) is 9.48 Å². The highest BCUT2D eigenvalue weighted by Gasteiger charge is 2.22. The number of carbonyl (C=O) groups is 1. The Labute approximate surface area is 178 Å². The van der Waals surface area contributed by atoms with E-state index in [1.165, 1.54) is 11.8 Å². The summed E-state index contributed by atoms with van der Waals surface area (Å²) in [7, 11) is 0. The molecule has 4 rings (SSSR count). The van der Waals surface area contributed by atoms with Gasteiger partial charge in [0.2, 0.25) is 5.82 Å². The zero-order chi connectivity index (χ0) is 21.1. The third-order valence-corrected chi connectivity index (χ3v) is 4.84. The van der Waals surface area contributed by atoms with E-state index in [0.717, 1.165) is 22.4 Å². The number of para-hydroxylation sites is 1. The Hall–Kier alpha value is -3.39. The lowest BCUT2D eigenvalue weighted by molar-refractivity contribution is 0.0572. The van der Waals surface area contributed by atoms with Crippen molar-refractivity contribution in [1.82, 2.24) is 19.9 Å². The molecule has 30 heavy (non-hydrogen) atoms. The Kier molecular flexibility index (Phi) is 5.67. The molecule has 0 unspecified atom stereocenters. The molecule has 0 atom stereocenters. The van der Waals surface area contributed by atoms with E-state index in [0.29, 0.717) is 11.5 Å². The summed E-state index contributed by atoms with van der Waals surface area (Å²) in [5, 5.41) is 8.59. The van der Waals surface area contributed by atoms with Crippen LogP contribution >= 0.6 is 11.8 Å². The first kappa shape index (κ1) is 19.9. The Morgan fingerprint density at radius 1 is 1.13 bits per heavy atom. The third-order valence-electron chi connectivity index (χ3n) is 4.49. The second kappa shape index (κ2) is 8.54. The van der Waals surface area contributed by atoms with Crippen molar-refractivity contribution >= 4 is 17.7 Å². The summed E-state index contributed by atoms with van der Waals surface area (Å²) in [5.41, 5.74) is 4.45. The van der Waals surface area contributed by atoms with Gasteiger partial charge in [-0.2, -0.15) is 10.1 Å².